The molecule has 6 nitrogen and oxygen atoms in total. The molecule has 2 aromatic rings. The molecule has 2 N–H and O–H groups in total. The number of ether oxygens (including phenoxy) is 1. The number of thioether (sulfide) groups is 1. The summed E-state index contributed by atoms with van der Waals surface area (Å²) in [4.78, 5) is 14.9. The van der Waals surface area contributed by atoms with Crippen LogP contribution in [0.5, 0.6) is 5.75 Å². The van der Waals surface area contributed by atoms with E-state index in [-0.39, 0.29) is 17.2 Å². The zero-order valence-electron chi connectivity index (χ0n) is 13.5. The molecule has 0 aliphatic carbocycles. The number of halogens is 2. The van der Waals surface area contributed by atoms with Crippen molar-refractivity contribution in [3.8, 4) is 5.75 Å². The number of hydrogen-bond acceptors (Lipinski definition) is 6. The van der Waals surface area contributed by atoms with Gasteiger partial charge < -0.3 is 10.5 Å². The van der Waals surface area contributed by atoms with Crippen LogP contribution in [0.3, 0.4) is 0 Å². The van der Waals surface area contributed by atoms with Gasteiger partial charge in [-0.25, -0.2) is 14.4 Å². The minimum Gasteiger partial charge on any atom is -0.493 e. The van der Waals surface area contributed by atoms with Gasteiger partial charge in [0.15, 0.2) is 5.82 Å². The molecule has 0 radical (unpaired) electrons. The number of carbonyl (C=O) groups is 1. The van der Waals surface area contributed by atoms with Crippen molar-refractivity contribution in [3.05, 3.63) is 59.4 Å². The van der Waals surface area contributed by atoms with Crippen LogP contribution in [-0.2, 0) is 9.67 Å². The van der Waals surface area contributed by atoms with Crippen molar-refractivity contribution in [1.29, 1.82) is 0 Å². The molecular weight excluding hydrogens is 362 g/mol. The Morgan fingerprint density at radius 2 is 2.19 bits per heavy atom. The summed E-state index contributed by atoms with van der Waals surface area (Å²) >= 11 is 1.19. The van der Waals surface area contributed by atoms with E-state index in [9.17, 15) is 13.6 Å². The Kier molecular flexibility index (Phi) is 4.12. The fraction of sp³-hybridized carbons (Fsp3) is 0.235. The van der Waals surface area contributed by atoms with Crippen LogP contribution in [0, 0.1) is 11.8 Å². The summed E-state index contributed by atoms with van der Waals surface area (Å²) < 4.78 is 33.4. The highest BCUT2D eigenvalue weighted by atomic mass is 32.2. The lowest BCUT2D eigenvalue weighted by molar-refractivity contribution is -0.133. The number of pyridine rings is 1. The van der Waals surface area contributed by atoms with Gasteiger partial charge in [-0.3, -0.25) is 4.79 Å². The lowest BCUT2D eigenvalue weighted by Gasteiger charge is -2.39. The van der Waals surface area contributed by atoms with Crippen molar-refractivity contribution in [1.82, 2.24) is 9.99 Å². The maximum Gasteiger partial charge on any atom is 0.258 e. The first kappa shape index (κ1) is 16.9. The number of hydrogen-bond donors (Lipinski definition) is 1. The summed E-state index contributed by atoms with van der Waals surface area (Å²) in [6, 6.07) is 8.25. The highest BCUT2D eigenvalue weighted by molar-refractivity contribution is 8.15. The second-order valence-electron chi connectivity index (χ2n) is 5.78. The average Bonchev–Trinajstić information content (AvgIpc) is 3.03. The molecule has 134 valence electrons. The third-order valence-corrected chi connectivity index (χ3v) is 5.70. The number of rotatable bonds is 2. The third kappa shape index (κ3) is 2.55. The van der Waals surface area contributed by atoms with Gasteiger partial charge >= 0.3 is 0 Å². The fourth-order valence-corrected chi connectivity index (χ4v) is 4.50. The molecule has 4 rings (SSSR count). The lowest BCUT2D eigenvalue weighted by Crippen LogP contribution is -2.46. The Morgan fingerprint density at radius 3 is 3.00 bits per heavy atom. The molecule has 0 fully saturated rings. The first-order chi connectivity index (χ1) is 12.5. The van der Waals surface area contributed by atoms with E-state index in [1.54, 1.807) is 6.07 Å². The van der Waals surface area contributed by atoms with E-state index in [2.05, 4.69) is 10.1 Å². The summed E-state index contributed by atoms with van der Waals surface area (Å²) in [6.07, 6.45) is 1.23. The van der Waals surface area contributed by atoms with Gasteiger partial charge in [-0.15, -0.1) is 0 Å². The van der Waals surface area contributed by atoms with Crippen LogP contribution in [0.1, 0.15) is 17.5 Å². The predicted octanol–water partition coefficient (Wildman–Crippen LogP) is 2.19. The van der Waals surface area contributed by atoms with Crippen molar-refractivity contribution < 1.29 is 18.3 Å². The first-order valence-electron chi connectivity index (χ1n) is 7.89. The van der Waals surface area contributed by atoms with Gasteiger partial charge in [0.25, 0.3) is 5.91 Å². The summed E-state index contributed by atoms with van der Waals surface area (Å²) in [5.74, 6) is -1.33. The number of nitrogens with zero attached hydrogens (tertiary/aromatic N) is 3. The van der Waals surface area contributed by atoms with E-state index < -0.39 is 22.5 Å². The van der Waals surface area contributed by atoms with Crippen LogP contribution < -0.4 is 10.5 Å². The SMILES string of the molecule is NCC(=O)N1N=C(c2cc(F)ncc2F)SC12CCOc1ccccc12. The zero-order chi connectivity index (χ0) is 18.3. The normalized spacial score (nSPS) is 21.3. The van der Waals surface area contributed by atoms with Gasteiger partial charge in [0.2, 0.25) is 5.95 Å². The molecule has 9 heteroatoms. The Hall–Kier alpha value is -2.52. The molecule has 1 atom stereocenters. The monoisotopic (exact) mass is 376 g/mol. The van der Waals surface area contributed by atoms with Crippen molar-refractivity contribution in [2.75, 3.05) is 13.2 Å². The molecule has 26 heavy (non-hydrogen) atoms. The van der Waals surface area contributed by atoms with Gasteiger partial charge in [0, 0.05) is 18.1 Å². The van der Waals surface area contributed by atoms with Crippen LogP contribution in [0.25, 0.3) is 0 Å². The van der Waals surface area contributed by atoms with E-state index in [0.717, 1.165) is 17.8 Å². The number of amides is 1. The molecule has 2 aliphatic rings. The summed E-state index contributed by atoms with van der Waals surface area (Å²) in [5, 5.41) is 5.77. The summed E-state index contributed by atoms with van der Waals surface area (Å²) in [5.41, 5.74) is 6.25. The fourth-order valence-electron chi connectivity index (χ4n) is 3.10. The van der Waals surface area contributed by atoms with Crippen molar-refractivity contribution in [2.24, 2.45) is 10.8 Å². The van der Waals surface area contributed by atoms with Crippen LogP contribution in [0.15, 0.2) is 41.6 Å². The molecule has 0 saturated carbocycles. The largest absolute Gasteiger partial charge is 0.493 e. The lowest BCUT2D eigenvalue weighted by atomic mass is 9.99. The van der Waals surface area contributed by atoms with E-state index in [1.807, 2.05) is 18.2 Å². The van der Waals surface area contributed by atoms with Crippen LogP contribution >= 0.6 is 11.8 Å². The van der Waals surface area contributed by atoms with Gasteiger partial charge in [-0.2, -0.15) is 9.49 Å². The number of carbonyl (C=O) groups excluding carboxylic acids is 1. The standard InChI is InChI=1S/C17H14F2N4O2S/c18-12-9-21-14(19)7-10(12)16-22-23(15(24)8-20)17(26-16)5-6-25-13-4-2-1-3-11(13)17/h1-4,7,9H,5-6,8,20H2. The highest BCUT2D eigenvalue weighted by Crippen LogP contribution is 2.54. The maximum atomic E-state index is 14.2. The molecule has 0 bridgehead atoms. The Morgan fingerprint density at radius 1 is 1.38 bits per heavy atom. The van der Waals surface area contributed by atoms with E-state index in [1.165, 1.54) is 16.8 Å². The molecule has 1 amide bonds. The second-order valence-corrected chi connectivity index (χ2v) is 7.05. The third-order valence-electron chi connectivity index (χ3n) is 4.27. The van der Waals surface area contributed by atoms with Crippen molar-refractivity contribution in [2.45, 2.75) is 11.3 Å². The molecule has 3 heterocycles. The zero-order valence-corrected chi connectivity index (χ0v) is 14.3. The molecule has 1 aromatic heterocycles. The van der Waals surface area contributed by atoms with Crippen molar-refractivity contribution >= 4 is 22.7 Å². The van der Waals surface area contributed by atoms with Crippen LogP contribution in [0.2, 0.25) is 0 Å². The number of benzene rings is 1. The molecular formula is C17H14F2N4O2S. The molecule has 1 aromatic carbocycles. The van der Waals surface area contributed by atoms with E-state index in [0.29, 0.717) is 18.8 Å². The predicted molar refractivity (Wildman–Crippen MR) is 92.4 cm³/mol. The van der Waals surface area contributed by atoms with E-state index >= 15 is 0 Å². The Balaban J connectivity index is 1.85. The second kappa shape index (κ2) is 6.33. The van der Waals surface area contributed by atoms with Gasteiger partial charge in [0.1, 0.15) is 15.7 Å². The Labute approximate surface area is 152 Å². The minimum absolute atomic E-state index is 0.0434. The van der Waals surface area contributed by atoms with Gasteiger partial charge in [-0.05, 0) is 6.07 Å². The topological polar surface area (TPSA) is 80.8 Å². The minimum atomic E-state index is -0.910. The summed E-state index contributed by atoms with van der Waals surface area (Å²) in [6.45, 7) is 0.101. The highest BCUT2D eigenvalue weighted by Gasteiger charge is 2.51. The average molecular weight is 376 g/mol. The molecule has 1 unspecified atom stereocenters. The summed E-state index contributed by atoms with van der Waals surface area (Å²) in [7, 11) is 0. The van der Waals surface area contributed by atoms with Crippen LogP contribution in [0.4, 0.5) is 8.78 Å². The van der Waals surface area contributed by atoms with Gasteiger partial charge in [-0.1, -0.05) is 30.0 Å². The van der Waals surface area contributed by atoms with E-state index in [4.69, 9.17) is 10.5 Å². The number of hydrazone groups is 1. The van der Waals surface area contributed by atoms with Gasteiger partial charge in [0.05, 0.1) is 24.9 Å². The molecule has 0 saturated heterocycles. The van der Waals surface area contributed by atoms with Crippen molar-refractivity contribution in [3.63, 3.8) is 0 Å². The number of para-hydroxylation sites is 1. The molecule has 1 spiro atoms. The van der Waals surface area contributed by atoms with Crippen LogP contribution in [-0.4, -0.2) is 34.1 Å². The number of fused-ring (bicyclic) bond motifs is 2. The quantitative estimate of drug-likeness (QED) is 0.813. The Bertz CT molecular complexity index is 923. The molecule has 2 aliphatic heterocycles. The maximum absolute atomic E-state index is 14.2. The smallest absolute Gasteiger partial charge is 0.258 e. The number of aromatic nitrogens is 1. The first-order valence-corrected chi connectivity index (χ1v) is 8.71. The number of nitrogens with two attached hydrogens (primary N) is 1.